The molecule has 0 aromatic carbocycles. The molecule has 2 atom stereocenters. The summed E-state index contributed by atoms with van der Waals surface area (Å²) in [4.78, 5) is 10.6. The Labute approximate surface area is 70.6 Å². The molecule has 0 amide bonds. The maximum Gasteiger partial charge on any atom is 0.141 e. The van der Waals surface area contributed by atoms with Crippen LogP contribution in [0.1, 0.15) is 20.8 Å². The third-order valence-corrected chi connectivity index (χ3v) is 3.35. The van der Waals surface area contributed by atoms with Crippen molar-refractivity contribution in [1.82, 2.24) is 0 Å². The molecule has 1 aliphatic rings. The SMILES string of the molecule is C[C@@H]1[NH2+][C@@H](C(=O)[O-])C(C)(C)S1. The third-order valence-electron chi connectivity index (χ3n) is 1.96. The number of carboxylic acids is 1. The lowest BCUT2D eigenvalue weighted by molar-refractivity contribution is -0.687. The van der Waals surface area contributed by atoms with Crippen LogP contribution in [0.3, 0.4) is 0 Å². The summed E-state index contributed by atoms with van der Waals surface area (Å²) in [5.74, 6) is -0.952. The van der Waals surface area contributed by atoms with E-state index in [4.69, 9.17) is 0 Å². The third kappa shape index (κ3) is 1.68. The smallest absolute Gasteiger partial charge is 0.141 e. The van der Waals surface area contributed by atoms with Crippen molar-refractivity contribution in [3.63, 3.8) is 0 Å². The van der Waals surface area contributed by atoms with E-state index in [1.165, 1.54) is 0 Å². The van der Waals surface area contributed by atoms with E-state index in [0.29, 0.717) is 5.37 Å². The van der Waals surface area contributed by atoms with Gasteiger partial charge in [0, 0.05) is 0 Å². The minimum atomic E-state index is -0.952. The summed E-state index contributed by atoms with van der Waals surface area (Å²) in [5, 5.41) is 12.8. The second-order valence-corrected chi connectivity index (χ2v) is 5.45. The molecule has 0 saturated carbocycles. The van der Waals surface area contributed by atoms with Gasteiger partial charge in [-0.3, -0.25) is 0 Å². The van der Waals surface area contributed by atoms with Crippen molar-refractivity contribution >= 4 is 17.7 Å². The predicted octanol–water partition coefficient (Wildman–Crippen LogP) is -1.46. The van der Waals surface area contributed by atoms with Crippen LogP contribution in [0.15, 0.2) is 0 Å². The van der Waals surface area contributed by atoms with Gasteiger partial charge in [0.2, 0.25) is 0 Å². The first-order valence-electron chi connectivity index (χ1n) is 3.67. The van der Waals surface area contributed by atoms with Crippen LogP contribution in [-0.4, -0.2) is 22.1 Å². The highest BCUT2D eigenvalue weighted by molar-refractivity contribution is 8.01. The second kappa shape index (κ2) is 2.68. The molecule has 64 valence electrons. The first kappa shape index (κ1) is 8.87. The van der Waals surface area contributed by atoms with Crippen molar-refractivity contribution < 1.29 is 15.2 Å². The number of carboxylic acid groups (broad SMARTS) is 1. The van der Waals surface area contributed by atoms with Gasteiger partial charge < -0.3 is 15.2 Å². The molecule has 0 aliphatic carbocycles. The van der Waals surface area contributed by atoms with Crippen LogP contribution in [0.2, 0.25) is 0 Å². The van der Waals surface area contributed by atoms with Gasteiger partial charge in [-0.15, -0.1) is 0 Å². The molecule has 0 radical (unpaired) electrons. The molecule has 1 rings (SSSR count). The van der Waals surface area contributed by atoms with E-state index in [9.17, 15) is 9.90 Å². The average molecular weight is 175 g/mol. The lowest BCUT2D eigenvalue weighted by Gasteiger charge is -2.21. The van der Waals surface area contributed by atoms with Crippen LogP contribution in [0.25, 0.3) is 0 Å². The normalized spacial score (nSPS) is 35.5. The van der Waals surface area contributed by atoms with Gasteiger partial charge in [0.1, 0.15) is 17.4 Å². The number of rotatable bonds is 1. The van der Waals surface area contributed by atoms with Gasteiger partial charge in [0.15, 0.2) is 0 Å². The Hall–Kier alpha value is -0.220. The van der Waals surface area contributed by atoms with E-state index in [-0.39, 0.29) is 4.75 Å². The highest BCUT2D eigenvalue weighted by Gasteiger charge is 2.43. The van der Waals surface area contributed by atoms with E-state index in [1.807, 2.05) is 26.1 Å². The molecule has 1 saturated heterocycles. The van der Waals surface area contributed by atoms with Crippen molar-refractivity contribution in [2.24, 2.45) is 0 Å². The van der Waals surface area contributed by atoms with Crippen LogP contribution in [-0.2, 0) is 4.79 Å². The maximum atomic E-state index is 10.6. The summed E-state index contributed by atoms with van der Waals surface area (Å²) < 4.78 is -0.196. The van der Waals surface area contributed by atoms with Crippen molar-refractivity contribution in [1.29, 1.82) is 0 Å². The second-order valence-electron chi connectivity index (χ2n) is 3.42. The molecule has 2 N–H and O–H groups in total. The molecule has 4 heteroatoms. The van der Waals surface area contributed by atoms with Gasteiger partial charge in [-0.25, -0.2) is 0 Å². The summed E-state index contributed by atoms with van der Waals surface area (Å²) in [6.45, 7) is 5.89. The molecule has 0 bridgehead atoms. The van der Waals surface area contributed by atoms with Crippen LogP contribution in [0.5, 0.6) is 0 Å². The van der Waals surface area contributed by atoms with Crippen molar-refractivity contribution in [3.8, 4) is 0 Å². The number of aliphatic carboxylic acids is 1. The quantitative estimate of drug-likeness (QED) is 0.530. The van der Waals surface area contributed by atoms with Crippen molar-refractivity contribution in [2.45, 2.75) is 36.9 Å². The molecule has 3 nitrogen and oxygen atoms in total. The first-order valence-corrected chi connectivity index (χ1v) is 4.55. The van der Waals surface area contributed by atoms with Crippen molar-refractivity contribution in [2.75, 3.05) is 0 Å². The highest BCUT2D eigenvalue weighted by Crippen LogP contribution is 2.32. The van der Waals surface area contributed by atoms with Crippen molar-refractivity contribution in [3.05, 3.63) is 0 Å². The predicted molar refractivity (Wildman–Crippen MR) is 41.9 cm³/mol. The minimum Gasteiger partial charge on any atom is -0.544 e. The Kier molecular flexibility index (Phi) is 2.16. The fourth-order valence-electron chi connectivity index (χ4n) is 1.46. The highest BCUT2D eigenvalue weighted by atomic mass is 32.2. The van der Waals surface area contributed by atoms with Crippen LogP contribution in [0, 0.1) is 0 Å². The molecular formula is C7H13NO2S. The monoisotopic (exact) mass is 175 g/mol. The van der Waals surface area contributed by atoms with Gasteiger partial charge in [-0.1, -0.05) is 11.8 Å². The lowest BCUT2D eigenvalue weighted by Crippen LogP contribution is -2.95. The Morgan fingerprint density at radius 2 is 2.18 bits per heavy atom. The standard InChI is InChI=1S/C7H13NO2S/c1-4-8-5(6(9)10)7(2,3)11-4/h4-5,8H,1-3H3,(H,9,10)/t4-,5+/m1/s1. The molecule has 11 heavy (non-hydrogen) atoms. The number of thioether (sulfide) groups is 1. The molecule has 1 aliphatic heterocycles. The van der Waals surface area contributed by atoms with Gasteiger partial charge in [-0.05, 0) is 20.8 Å². The Morgan fingerprint density at radius 3 is 2.36 bits per heavy atom. The van der Waals surface area contributed by atoms with E-state index >= 15 is 0 Å². The number of carbonyl (C=O) groups excluding carboxylic acids is 1. The largest absolute Gasteiger partial charge is 0.544 e. The molecule has 0 aromatic heterocycles. The van der Waals surface area contributed by atoms with Crippen LogP contribution >= 0.6 is 11.8 Å². The number of nitrogens with two attached hydrogens (primary N) is 1. The molecule has 1 heterocycles. The van der Waals surface area contributed by atoms with Gasteiger partial charge in [0.25, 0.3) is 0 Å². The fraction of sp³-hybridized carbons (Fsp3) is 0.857. The summed E-state index contributed by atoms with van der Waals surface area (Å²) in [6.07, 6.45) is 0. The van der Waals surface area contributed by atoms with Crippen LogP contribution < -0.4 is 10.4 Å². The Bertz CT molecular complexity index is 181. The molecule has 0 unspecified atom stereocenters. The average Bonchev–Trinajstić information content (AvgIpc) is 2.04. The summed E-state index contributed by atoms with van der Waals surface area (Å²) in [5.41, 5.74) is 0. The number of hydrogen-bond donors (Lipinski definition) is 1. The number of carbonyl (C=O) groups is 1. The maximum absolute atomic E-state index is 10.6. The summed E-state index contributed by atoms with van der Waals surface area (Å²) in [7, 11) is 0. The van der Waals surface area contributed by atoms with E-state index in [2.05, 4.69) is 0 Å². The van der Waals surface area contributed by atoms with E-state index in [0.717, 1.165) is 0 Å². The number of quaternary nitrogens is 1. The van der Waals surface area contributed by atoms with Crippen LogP contribution in [0.4, 0.5) is 0 Å². The molecule has 0 aromatic rings. The fourth-order valence-corrected chi connectivity index (χ4v) is 2.97. The summed E-state index contributed by atoms with van der Waals surface area (Å²) in [6, 6.07) is -0.400. The van der Waals surface area contributed by atoms with Gasteiger partial charge in [0.05, 0.1) is 4.75 Å². The Morgan fingerprint density at radius 1 is 1.64 bits per heavy atom. The lowest BCUT2D eigenvalue weighted by atomic mass is 10.0. The Balaban J connectivity index is 2.74. The van der Waals surface area contributed by atoms with E-state index in [1.54, 1.807) is 11.8 Å². The molecule has 0 spiro atoms. The van der Waals surface area contributed by atoms with Gasteiger partial charge >= 0.3 is 0 Å². The number of hydrogen-bond acceptors (Lipinski definition) is 3. The zero-order valence-electron chi connectivity index (χ0n) is 6.96. The minimum absolute atomic E-state index is 0.196. The summed E-state index contributed by atoms with van der Waals surface area (Å²) >= 11 is 1.68. The molecule has 1 fully saturated rings. The van der Waals surface area contributed by atoms with Gasteiger partial charge in [-0.2, -0.15) is 0 Å². The first-order chi connectivity index (χ1) is 4.93. The zero-order valence-corrected chi connectivity index (χ0v) is 7.77. The molecular weight excluding hydrogens is 162 g/mol. The topological polar surface area (TPSA) is 56.7 Å². The van der Waals surface area contributed by atoms with E-state index < -0.39 is 12.0 Å². The zero-order chi connectivity index (χ0) is 8.65.